The van der Waals surface area contributed by atoms with E-state index in [-0.39, 0.29) is 0 Å². The Bertz CT molecular complexity index is 497. The van der Waals surface area contributed by atoms with Gasteiger partial charge in [0.15, 0.2) is 0 Å². The first-order chi connectivity index (χ1) is 7.26. The summed E-state index contributed by atoms with van der Waals surface area (Å²) in [6.45, 7) is 0. The fourth-order valence-corrected chi connectivity index (χ4v) is 1.56. The van der Waals surface area contributed by atoms with Gasteiger partial charge in [-0.25, -0.2) is 0 Å². The Morgan fingerprint density at radius 1 is 1.13 bits per heavy atom. The van der Waals surface area contributed by atoms with Gasteiger partial charge in [0.25, 0.3) is 0 Å². The lowest BCUT2D eigenvalue weighted by Gasteiger charge is -2.09. The van der Waals surface area contributed by atoms with Crippen LogP contribution in [0.4, 0.5) is 5.69 Å². The van der Waals surface area contributed by atoms with Crippen molar-refractivity contribution in [3.8, 4) is 11.5 Å². The molecule has 0 saturated heterocycles. The Labute approximate surface area is 87.6 Å². The average Bonchev–Trinajstić information content (AvgIpc) is 2.27. The van der Waals surface area contributed by atoms with Crippen molar-refractivity contribution >= 4 is 16.5 Å². The molecule has 15 heavy (non-hydrogen) atoms. The molecule has 0 fully saturated rings. The maximum absolute atomic E-state index is 5.84. The predicted octanol–water partition coefficient (Wildman–Crippen LogP) is 1.83. The second-order valence-electron chi connectivity index (χ2n) is 3.16. The molecular weight excluding hydrogens is 192 g/mol. The molecule has 1 aromatic carbocycles. The van der Waals surface area contributed by atoms with Gasteiger partial charge in [-0.2, -0.15) is 0 Å². The molecule has 2 N–H and O–H groups in total. The lowest BCUT2D eigenvalue weighted by atomic mass is 10.1. The van der Waals surface area contributed by atoms with Crippen LogP contribution in [-0.2, 0) is 0 Å². The molecular formula is C11H12N2O2. The number of nitrogen functional groups attached to an aromatic ring is 1. The molecule has 0 aliphatic carbocycles. The topological polar surface area (TPSA) is 57.4 Å². The first-order valence-electron chi connectivity index (χ1n) is 4.51. The van der Waals surface area contributed by atoms with Gasteiger partial charge in [-0.05, 0) is 6.07 Å². The molecule has 0 amide bonds. The lowest BCUT2D eigenvalue weighted by Crippen LogP contribution is -1.94. The van der Waals surface area contributed by atoms with Crippen LogP contribution in [0, 0.1) is 0 Å². The number of pyridine rings is 1. The molecule has 0 saturated carbocycles. The van der Waals surface area contributed by atoms with Crippen LogP contribution in [0.5, 0.6) is 11.5 Å². The molecule has 0 unspecified atom stereocenters. The minimum atomic E-state index is 0.604. The van der Waals surface area contributed by atoms with E-state index in [9.17, 15) is 0 Å². The molecule has 0 aliphatic rings. The van der Waals surface area contributed by atoms with Gasteiger partial charge in [-0.15, -0.1) is 0 Å². The number of aromatic nitrogens is 1. The van der Waals surface area contributed by atoms with Crippen LogP contribution in [0.2, 0.25) is 0 Å². The normalized spacial score (nSPS) is 10.3. The van der Waals surface area contributed by atoms with Crippen molar-refractivity contribution in [2.45, 2.75) is 0 Å². The van der Waals surface area contributed by atoms with Crippen molar-refractivity contribution in [3.63, 3.8) is 0 Å². The Balaban J connectivity index is 2.81. The van der Waals surface area contributed by atoms with E-state index in [2.05, 4.69) is 4.98 Å². The largest absolute Gasteiger partial charge is 0.497 e. The van der Waals surface area contributed by atoms with E-state index in [1.807, 2.05) is 6.07 Å². The number of methoxy groups -OCH3 is 2. The molecule has 0 radical (unpaired) electrons. The third kappa shape index (κ3) is 1.54. The number of fused-ring (bicyclic) bond motifs is 1. The highest BCUT2D eigenvalue weighted by atomic mass is 16.5. The molecule has 1 heterocycles. The van der Waals surface area contributed by atoms with E-state index in [4.69, 9.17) is 15.2 Å². The highest BCUT2D eigenvalue weighted by Crippen LogP contribution is 2.33. The van der Waals surface area contributed by atoms with Crippen LogP contribution < -0.4 is 15.2 Å². The van der Waals surface area contributed by atoms with Crippen molar-refractivity contribution in [2.24, 2.45) is 0 Å². The fraction of sp³-hybridized carbons (Fsp3) is 0.182. The molecule has 2 rings (SSSR count). The molecule has 4 nitrogen and oxygen atoms in total. The van der Waals surface area contributed by atoms with Gasteiger partial charge in [0, 0.05) is 17.6 Å². The monoisotopic (exact) mass is 204 g/mol. The first kappa shape index (κ1) is 9.58. The minimum absolute atomic E-state index is 0.604. The van der Waals surface area contributed by atoms with Crippen molar-refractivity contribution in [2.75, 3.05) is 20.0 Å². The second kappa shape index (κ2) is 3.65. The van der Waals surface area contributed by atoms with Crippen LogP contribution in [0.25, 0.3) is 10.8 Å². The summed E-state index contributed by atoms with van der Waals surface area (Å²) in [5.74, 6) is 1.43. The van der Waals surface area contributed by atoms with Gasteiger partial charge in [0.05, 0.1) is 31.5 Å². The summed E-state index contributed by atoms with van der Waals surface area (Å²) in [5.41, 5.74) is 6.44. The summed E-state index contributed by atoms with van der Waals surface area (Å²) >= 11 is 0. The second-order valence-corrected chi connectivity index (χ2v) is 3.16. The smallest absolute Gasteiger partial charge is 0.132 e. The number of anilines is 1. The first-order valence-corrected chi connectivity index (χ1v) is 4.51. The molecule has 1 aromatic heterocycles. The predicted molar refractivity (Wildman–Crippen MR) is 59.3 cm³/mol. The standard InChI is InChI=1S/C11H12N2O2/c1-14-8-3-7-5-13-6-9(12)11(7)10(4-8)15-2/h3-6H,12H2,1-2H3. The van der Waals surface area contributed by atoms with Crippen LogP contribution in [-0.4, -0.2) is 19.2 Å². The highest BCUT2D eigenvalue weighted by Gasteiger charge is 2.07. The van der Waals surface area contributed by atoms with Crippen molar-refractivity contribution in [1.82, 2.24) is 4.98 Å². The van der Waals surface area contributed by atoms with Crippen molar-refractivity contribution in [3.05, 3.63) is 24.5 Å². The van der Waals surface area contributed by atoms with Crippen molar-refractivity contribution in [1.29, 1.82) is 0 Å². The Hall–Kier alpha value is -1.97. The molecule has 78 valence electrons. The van der Waals surface area contributed by atoms with Gasteiger partial charge in [0.2, 0.25) is 0 Å². The Morgan fingerprint density at radius 3 is 2.60 bits per heavy atom. The van der Waals surface area contributed by atoms with Crippen LogP contribution in [0.1, 0.15) is 0 Å². The van der Waals surface area contributed by atoms with E-state index < -0.39 is 0 Å². The number of ether oxygens (including phenoxy) is 2. The van der Waals surface area contributed by atoms with E-state index in [0.29, 0.717) is 11.4 Å². The zero-order valence-corrected chi connectivity index (χ0v) is 8.65. The number of hydrogen-bond acceptors (Lipinski definition) is 4. The zero-order chi connectivity index (χ0) is 10.8. The van der Waals surface area contributed by atoms with E-state index >= 15 is 0 Å². The number of nitrogens with two attached hydrogens (primary N) is 1. The van der Waals surface area contributed by atoms with E-state index in [0.717, 1.165) is 16.5 Å². The van der Waals surface area contributed by atoms with E-state index in [1.165, 1.54) is 0 Å². The zero-order valence-electron chi connectivity index (χ0n) is 8.65. The van der Waals surface area contributed by atoms with Crippen molar-refractivity contribution < 1.29 is 9.47 Å². The van der Waals surface area contributed by atoms with Gasteiger partial charge in [-0.3, -0.25) is 4.98 Å². The molecule has 2 aromatic rings. The summed E-state index contributed by atoms with van der Waals surface area (Å²) in [6.07, 6.45) is 3.34. The molecule has 4 heteroatoms. The Morgan fingerprint density at radius 2 is 1.93 bits per heavy atom. The molecule has 0 bridgehead atoms. The summed E-state index contributed by atoms with van der Waals surface area (Å²) in [5, 5.41) is 1.78. The molecule has 0 atom stereocenters. The third-order valence-corrected chi connectivity index (χ3v) is 2.28. The SMILES string of the molecule is COc1cc(OC)c2c(N)cncc2c1. The summed E-state index contributed by atoms with van der Waals surface area (Å²) in [7, 11) is 3.22. The maximum Gasteiger partial charge on any atom is 0.132 e. The number of nitrogens with zero attached hydrogens (tertiary/aromatic N) is 1. The van der Waals surface area contributed by atoms with Crippen LogP contribution >= 0.6 is 0 Å². The maximum atomic E-state index is 5.84. The van der Waals surface area contributed by atoms with Crippen LogP contribution in [0.3, 0.4) is 0 Å². The van der Waals surface area contributed by atoms with Gasteiger partial charge >= 0.3 is 0 Å². The van der Waals surface area contributed by atoms with Gasteiger partial charge in [-0.1, -0.05) is 0 Å². The minimum Gasteiger partial charge on any atom is -0.497 e. The highest BCUT2D eigenvalue weighted by molar-refractivity contribution is 5.97. The summed E-state index contributed by atoms with van der Waals surface area (Å²) in [4.78, 5) is 4.03. The summed E-state index contributed by atoms with van der Waals surface area (Å²) in [6, 6.07) is 3.68. The third-order valence-electron chi connectivity index (χ3n) is 2.28. The molecule has 0 spiro atoms. The van der Waals surface area contributed by atoms with Gasteiger partial charge < -0.3 is 15.2 Å². The number of hydrogen-bond donors (Lipinski definition) is 1. The Kier molecular flexibility index (Phi) is 2.33. The quantitative estimate of drug-likeness (QED) is 0.810. The van der Waals surface area contributed by atoms with E-state index in [1.54, 1.807) is 32.7 Å². The lowest BCUT2D eigenvalue weighted by molar-refractivity contribution is 0.398. The fourth-order valence-electron chi connectivity index (χ4n) is 1.56. The number of rotatable bonds is 2. The summed E-state index contributed by atoms with van der Waals surface area (Å²) < 4.78 is 10.4. The average molecular weight is 204 g/mol. The van der Waals surface area contributed by atoms with Gasteiger partial charge in [0.1, 0.15) is 11.5 Å². The molecule has 0 aliphatic heterocycles. The van der Waals surface area contributed by atoms with Crippen LogP contribution in [0.15, 0.2) is 24.5 Å². The number of benzene rings is 1.